The number of nitrogens with one attached hydrogen (secondary N) is 1. The summed E-state index contributed by atoms with van der Waals surface area (Å²) >= 11 is 0. The molecule has 2 unspecified atom stereocenters. The molecule has 0 bridgehead atoms. The summed E-state index contributed by atoms with van der Waals surface area (Å²) in [5.41, 5.74) is 0. The van der Waals surface area contributed by atoms with Crippen molar-refractivity contribution in [3.8, 4) is 0 Å². The highest BCUT2D eigenvalue weighted by atomic mass is 16.4. The Morgan fingerprint density at radius 3 is 2.59 bits per heavy atom. The second kappa shape index (κ2) is 4.62. The van der Waals surface area contributed by atoms with E-state index in [1.807, 2.05) is 6.92 Å². The zero-order valence-electron chi connectivity index (χ0n) is 9.80. The number of carbonyl (C=O) groups excluding carboxylic acids is 1. The van der Waals surface area contributed by atoms with Gasteiger partial charge in [0.1, 0.15) is 6.04 Å². The molecular formula is C11H18N2O4. The Kier molecular flexibility index (Phi) is 3.35. The van der Waals surface area contributed by atoms with Gasteiger partial charge in [-0.1, -0.05) is 6.92 Å². The number of hydrogen-bond donors (Lipinski definition) is 3. The van der Waals surface area contributed by atoms with Gasteiger partial charge in [-0.05, 0) is 12.5 Å². The number of nitrogens with zero attached hydrogens (tertiary/aromatic N) is 1. The molecule has 0 radical (unpaired) electrons. The molecule has 0 aromatic heterocycles. The van der Waals surface area contributed by atoms with E-state index in [0.29, 0.717) is 6.54 Å². The summed E-state index contributed by atoms with van der Waals surface area (Å²) in [6.45, 7) is 3.49. The van der Waals surface area contributed by atoms with Crippen molar-refractivity contribution in [1.29, 1.82) is 0 Å². The fraction of sp³-hybridized carbons (Fsp3) is 0.818. The maximum absolute atomic E-state index is 12.2. The van der Waals surface area contributed by atoms with Gasteiger partial charge in [-0.15, -0.1) is 0 Å². The molecule has 0 aromatic carbocycles. The van der Waals surface area contributed by atoms with Crippen molar-refractivity contribution in [1.82, 2.24) is 10.2 Å². The second-order valence-corrected chi connectivity index (χ2v) is 4.98. The number of rotatable bonds is 2. The van der Waals surface area contributed by atoms with Gasteiger partial charge in [0, 0.05) is 19.5 Å². The van der Waals surface area contributed by atoms with Crippen LogP contribution in [-0.2, 0) is 9.59 Å². The first-order chi connectivity index (χ1) is 8.00. The van der Waals surface area contributed by atoms with Gasteiger partial charge in [-0.3, -0.25) is 4.79 Å². The van der Waals surface area contributed by atoms with Crippen molar-refractivity contribution in [3.63, 3.8) is 0 Å². The van der Waals surface area contributed by atoms with Crippen LogP contribution in [-0.4, -0.2) is 58.8 Å². The van der Waals surface area contributed by atoms with Crippen molar-refractivity contribution in [2.45, 2.75) is 25.5 Å². The van der Waals surface area contributed by atoms with Gasteiger partial charge >= 0.3 is 5.97 Å². The van der Waals surface area contributed by atoms with E-state index in [-0.39, 0.29) is 30.7 Å². The number of amides is 1. The third kappa shape index (κ3) is 2.28. The topological polar surface area (TPSA) is 89.9 Å². The molecule has 0 aromatic rings. The molecule has 0 spiro atoms. The van der Waals surface area contributed by atoms with Crippen LogP contribution in [0.15, 0.2) is 0 Å². The second-order valence-electron chi connectivity index (χ2n) is 4.98. The molecular weight excluding hydrogens is 224 g/mol. The van der Waals surface area contributed by atoms with E-state index in [2.05, 4.69) is 5.32 Å². The van der Waals surface area contributed by atoms with Crippen molar-refractivity contribution >= 4 is 11.9 Å². The molecule has 2 fully saturated rings. The van der Waals surface area contributed by atoms with E-state index in [1.165, 1.54) is 4.90 Å². The van der Waals surface area contributed by atoms with Crippen LogP contribution in [0.5, 0.6) is 0 Å². The number of aliphatic hydroxyl groups is 1. The lowest BCUT2D eigenvalue weighted by Gasteiger charge is -2.25. The average molecular weight is 242 g/mol. The minimum Gasteiger partial charge on any atom is -0.480 e. The summed E-state index contributed by atoms with van der Waals surface area (Å²) in [7, 11) is 0. The van der Waals surface area contributed by atoms with Crippen LogP contribution in [0.1, 0.15) is 13.3 Å². The van der Waals surface area contributed by atoms with Crippen LogP contribution in [0.2, 0.25) is 0 Å². The number of aliphatic hydroxyl groups excluding tert-OH is 1. The van der Waals surface area contributed by atoms with Gasteiger partial charge in [-0.25, -0.2) is 4.79 Å². The maximum atomic E-state index is 12.2. The summed E-state index contributed by atoms with van der Waals surface area (Å²) in [6, 6.07) is -0.870. The first-order valence-electron chi connectivity index (χ1n) is 5.92. The van der Waals surface area contributed by atoms with Gasteiger partial charge in [0.2, 0.25) is 5.91 Å². The minimum atomic E-state index is -1.03. The predicted octanol–water partition coefficient (Wildman–Crippen LogP) is -1.11. The Labute approximate surface area is 99.6 Å². The van der Waals surface area contributed by atoms with Crippen LogP contribution in [0, 0.1) is 11.8 Å². The molecule has 6 nitrogen and oxygen atoms in total. The van der Waals surface area contributed by atoms with Crippen LogP contribution < -0.4 is 5.32 Å². The molecule has 96 valence electrons. The normalized spacial score (nSPS) is 37.4. The van der Waals surface area contributed by atoms with E-state index < -0.39 is 18.1 Å². The Morgan fingerprint density at radius 2 is 2.06 bits per heavy atom. The number of carbonyl (C=O) groups is 2. The molecule has 2 aliphatic rings. The standard InChI is InChI=1S/C11H18N2O4/c1-6-3-12-4-8(6)10(15)13-5-7(14)2-9(13)11(16)17/h6-9,12,14H,2-5H2,1H3,(H,16,17)/t6?,7-,8?,9-/m0/s1. The van der Waals surface area contributed by atoms with Crippen LogP contribution >= 0.6 is 0 Å². The van der Waals surface area contributed by atoms with E-state index in [4.69, 9.17) is 5.11 Å². The lowest BCUT2D eigenvalue weighted by Crippen LogP contribution is -2.45. The zero-order chi connectivity index (χ0) is 12.6. The fourth-order valence-corrected chi connectivity index (χ4v) is 2.65. The van der Waals surface area contributed by atoms with E-state index >= 15 is 0 Å². The SMILES string of the molecule is CC1CNCC1C(=O)N1C[C@@H](O)C[C@H]1C(=O)O. The van der Waals surface area contributed by atoms with Crippen molar-refractivity contribution < 1.29 is 19.8 Å². The zero-order valence-corrected chi connectivity index (χ0v) is 9.80. The molecule has 17 heavy (non-hydrogen) atoms. The first-order valence-corrected chi connectivity index (χ1v) is 5.92. The van der Waals surface area contributed by atoms with Gasteiger partial charge in [0.25, 0.3) is 0 Å². The van der Waals surface area contributed by atoms with Gasteiger partial charge < -0.3 is 20.4 Å². The monoisotopic (exact) mass is 242 g/mol. The lowest BCUT2D eigenvalue weighted by molar-refractivity contribution is -0.150. The third-order valence-corrected chi connectivity index (χ3v) is 3.68. The highest BCUT2D eigenvalue weighted by Gasteiger charge is 2.43. The molecule has 6 heteroatoms. The average Bonchev–Trinajstić information content (AvgIpc) is 2.83. The largest absolute Gasteiger partial charge is 0.480 e. The fourth-order valence-electron chi connectivity index (χ4n) is 2.65. The highest BCUT2D eigenvalue weighted by Crippen LogP contribution is 2.25. The lowest BCUT2D eigenvalue weighted by atomic mass is 9.96. The number of hydrogen-bond acceptors (Lipinski definition) is 4. The first kappa shape index (κ1) is 12.3. The molecule has 0 saturated carbocycles. The van der Waals surface area contributed by atoms with Crippen LogP contribution in [0.4, 0.5) is 0 Å². The molecule has 2 saturated heterocycles. The number of β-amino-alcohol motifs (C(OH)–C–C–N with tert-alkyl or cyclic N) is 1. The number of carboxylic acids is 1. The van der Waals surface area contributed by atoms with E-state index in [9.17, 15) is 14.7 Å². The summed E-state index contributed by atoms with van der Waals surface area (Å²) in [5, 5.41) is 21.7. The van der Waals surface area contributed by atoms with Crippen molar-refractivity contribution in [2.24, 2.45) is 11.8 Å². The quantitative estimate of drug-likeness (QED) is 0.571. The number of likely N-dealkylation sites (tertiary alicyclic amines) is 1. The molecule has 3 N–H and O–H groups in total. The Morgan fingerprint density at radius 1 is 1.35 bits per heavy atom. The Balaban J connectivity index is 2.10. The Hall–Kier alpha value is -1.14. The van der Waals surface area contributed by atoms with E-state index in [1.54, 1.807) is 0 Å². The molecule has 2 aliphatic heterocycles. The van der Waals surface area contributed by atoms with Crippen molar-refractivity contribution in [3.05, 3.63) is 0 Å². The van der Waals surface area contributed by atoms with Gasteiger partial charge in [0.15, 0.2) is 0 Å². The summed E-state index contributed by atoms with van der Waals surface area (Å²) < 4.78 is 0. The minimum absolute atomic E-state index is 0.135. The van der Waals surface area contributed by atoms with E-state index in [0.717, 1.165) is 6.54 Å². The molecule has 1 amide bonds. The molecule has 2 rings (SSSR count). The number of aliphatic carboxylic acids is 1. The summed E-state index contributed by atoms with van der Waals surface area (Å²) in [5.74, 6) is -1.13. The van der Waals surface area contributed by atoms with Crippen LogP contribution in [0.3, 0.4) is 0 Å². The highest BCUT2D eigenvalue weighted by molar-refractivity contribution is 5.86. The summed E-state index contributed by atoms with van der Waals surface area (Å²) in [6.07, 6.45) is -0.583. The third-order valence-electron chi connectivity index (χ3n) is 3.68. The van der Waals surface area contributed by atoms with Crippen molar-refractivity contribution in [2.75, 3.05) is 19.6 Å². The van der Waals surface area contributed by atoms with Gasteiger partial charge in [-0.2, -0.15) is 0 Å². The predicted molar refractivity (Wildman–Crippen MR) is 59.3 cm³/mol. The summed E-state index contributed by atoms with van der Waals surface area (Å²) in [4.78, 5) is 24.6. The smallest absolute Gasteiger partial charge is 0.326 e. The van der Waals surface area contributed by atoms with Gasteiger partial charge in [0.05, 0.1) is 12.0 Å². The molecule has 0 aliphatic carbocycles. The molecule has 2 heterocycles. The Bertz CT molecular complexity index is 333. The number of carboxylic acid groups (broad SMARTS) is 1. The molecule has 4 atom stereocenters. The van der Waals surface area contributed by atoms with Crippen LogP contribution in [0.25, 0.3) is 0 Å². The maximum Gasteiger partial charge on any atom is 0.326 e.